The number of anilines is 2. The first-order valence-electron chi connectivity index (χ1n) is 8.67. The molecule has 1 aromatic rings. The van der Waals surface area contributed by atoms with Gasteiger partial charge in [-0.15, -0.1) is 0 Å². The molecule has 0 aliphatic heterocycles. The van der Waals surface area contributed by atoms with Gasteiger partial charge in [-0.05, 0) is 39.0 Å². The van der Waals surface area contributed by atoms with E-state index in [9.17, 15) is 0 Å². The minimum Gasteiger partial charge on any atom is -0.497 e. The Hall–Kier alpha value is -2.12. The van der Waals surface area contributed by atoms with Gasteiger partial charge in [-0.25, -0.2) is 4.98 Å². The molecule has 0 radical (unpaired) electrons. The van der Waals surface area contributed by atoms with Crippen molar-refractivity contribution >= 4 is 11.8 Å². The van der Waals surface area contributed by atoms with Crippen molar-refractivity contribution < 1.29 is 4.74 Å². The zero-order chi connectivity index (χ0) is 18.2. The fourth-order valence-corrected chi connectivity index (χ4v) is 2.83. The predicted octanol–water partition coefficient (Wildman–Crippen LogP) is 1.67. The van der Waals surface area contributed by atoms with Gasteiger partial charge in [0.15, 0.2) is 0 Å². The average Bonchev–Trinajstić information content (AvgIpc) is 2.60. The quantitative estimate of drug-likeness (QED) is 0.541. The molecule has 4 N–H and O–H groups in total. The lowest BCUT2D eigenvalue weighted by Gasteiger charge is -2.24. The molecule has 1 unspecified atom stereocenters. The molecule has 0 saturated carbocycles. The number of hydrogen-bond donors (Lipinski definition) is 4. The number of hydrogen-bond acceptors (Lipinski definition) is 7. The van der Waals surface area contributed by atoms with Crippen molar-refractivity contribution in [3.63, 3.8) is 0 Å². The summed E-state index contributed by atoms with van der Waals surface area (Å²) in [5, 5.41) is 13.2. The van der Waals surface area contributed by atoms with Gasteiger partial charge in [-0.3, -0.25) is 0 Å². The van der Waals surface area contributed by atoms with Crippen LogP contribution in [0.1, 0.15) is 19.0 Å². The third-order valence-electron chi connectivity index (χ3n) is 4.11. The first-order valence-corrected chi connectivity index (χ1v) is 8.67. The van der Waals surface area contributed by atoms with Crippen LogP contribution >= 0.6 is 0 Å². The summed E-state index contributed by atoms with van der Waals surface area (Å²) in [4.78, 5) is 8.94. The van der Waals surface area contributed by atoms with E-state index >= 15 is 0 Å². The second-order valence-electron chi connectivity index (χ2n) is 6.29. The Morgan fingerprint density at radius 3 is 2.80 bits per heavy atom. The van der Waals surface area contributed by atoms with E-state index in [1.54, 1.807) is 7.11 Å². The summed E-state index contributed by atoms with van der Waals surface area (Å²) in [5.41, 5.74) is 2.17. The SMILES string of the molecule is CNC[C@@H](C)NCC1=C(OC)C=CC(Nc2nc(C)cc(NC)n2)C1. The van der Waals surface area contributed by atoms with E-state index in [-0.39, 0.29) is 6.04 Å². The monoisotopic (exact) mass is 346 g/mol. The van der Waals surface area contributed by atoms with Crippen LogP contribution < -0.4 is 21.3 Å². The molecule has 0 saturated heterocycles. The molecular formula is C18H30N6O. The highest BCUT2D eigenvalue weighted by Gasteiger charge is 2.18. The number of rotatable bonds is 9. The number of likely N-dealkylation sites (N-methyl/N-ethyl adjacent to an activating group) is 1. The summed E-state index contributed by atoms with van der Waals surface area (Å²) < 4.78 is 5.52. The summed E-state index contributed by atoms with van der Waals surface area (Å²) in [6.45, 7) is 5.85. The highest BCUT2D eigenvalue weighted by molar-refractivity contribution is 5.43. The summed E-state index contributed by atoms with van der Waals surface area (Å²) >= 11 is 0. The second kappa shape index (κ2) is 9.39. The maximum Gasteiger partial charge on any atom is 0.225 e. The molecule has 1 aliphatic carbocycles. The maximum absolute atomic E-state index is 5.52. The van der Waals surface area contributed by atoms with Gasteiger partial charge in [0, 0.05) is 37.9 Å². The Morgan fingerprint density at radius 1 is 1.32 bits per heavy atom. The van der Waals surface area contributed by atoms with Crippen molar-refractivity contribution in [1.82, 2.24) is 20.6 Å². The van der Waals surface area contributed by atoms with Crippen LogP contribution in [0.5, 0.6) is 0 Å². The third kappa shape index (κ3) is 5.72. The predicted molar refractivity (Wildman–Crippen MR) is 103 cm³/mol. The molecule has 25 heavy (non-hydrogen) atoms. The molecule has 1 heterocycles. The van der Waals surface area contributed by atoms with Crippen molar-refractivity contribution in [1.29, 1.82) is 0 Å². The normalized spacial score (nSPS) is 18.2. The van der Waals surface area contributed by atoms with Crippen molar-refractivity contribution in [2.75, 3.05) is 44.9 Å². The molecular weight excluding hydrogens is 316 g/mol. The minimum absolute atomic E-state index is 0.141. The first-order chi connectivity index (χ1) is 12.0. The van der Waals surface area contributed by atoms with Gasteiger partial charge in [-0.1, -0.05) is 6.08 Å². The fourth-order valence-electron chi connectivity index (χ4n) is 2.83. The van der Waals surface area contributed by atoms with Crippen LogP contribution in [0.2, 0.25) is 0 Å². The van der Waals surface area contributed by atoms with E-state index in [1.165, 1.54) is 5.57 Å². The van der Waals surface area contributed by atoms with Crippen molar-refractivity contribution in [2.24, 2.45) is 0 Å². The summed E-state index contributed by atoms with van der Waals surface area (Å²) in [7, 11) is 5.53. The van der Waals surface area contributed by atoms with Crippen LogP contribution in [0.25, 0.3) is 0 Å². The molecule has 0 aromatic carbocycles. The summed E-state index contributed by atoms with van der Waals surface area (Å²) in [5.74, 6) is 2.38. The number of nitrogens with one attached hydrogen (secondary N) is 4. The lowest BCUT2D eigenvalue weighted by molar-refractivity contribution is 0.296. The van der Waals surface area contributed by atoms with Crippen LogP contribution in [0.4, 0.5) is 11.8 Å². The Balaban J connectivity index is 2.02. The van der Waals surface area contributed by atoms with Crippen LogP contribution in [0.3, 0.4) is 0 Å². The summed E-state index contributed by atoms with van der Waals surface area (Å²) in [6.07, 6.45) is 4.98. The molecule has 7 nitrogen and oxygen atoms in total. The zero-order valence-electron chi connectivity index (χ0n) is 15.8. The van der Waals surface area contributed by atoms with Gasteiger partial charge in [0.2, 0.25) is 5.95 Å². The van der Waals surface area contributed by atoms with E-state index in [2.05, 4.69) is 44.2 Å². The van der Waals surface area contributed by atoms with Gasteiger partial charge in [0.25, 0.3) is 0 Å². The van der Waals surface area contributed by atoms with E-state index in [4.69, 9.17) is 4.74 Å². The molecule has 2 atom stereocenters. The van der Waals surface area contributed by atoms with Gasteiger partial charge < -0.3 is 26.0 Å². The number of methoxy groups -OCH3 is 1. The van der Waals surface area contributed by atoms with Crippen molar-refractivity contribution in [3.05, 3.63) is 35.2 Å². The highest BCUT2D eigenvalue weighted by atomic mass is 16.5. The molecule has 2 rings (SSSR count). The fraction of sp³-hybridized carbons (Fsp3) is 0.556. The molecule has 1 aromatic heterocycles. The average molecular weight is 346 g/mol. The smallest absolute Gasteiger partial charge is 0.225 e. The van der Waals surface area contributed by atoms with Crippen molar-refractivity contribution in [3.8, 4) is 0 Å². The standard InChI is InChI=1S/C18H30N6O/c1-12-8-17(20-4)24-18(22-12)23-15-6-7-16(25-5)14(9-15)11-21-13(2)10-19-3/h6-8,13,15,19,21H,9-11H2,1-5H3,(H2,20,22,23,24)/t13-,15?/m1/s1. The van der Waals surface area contributed by atoms with E-state index in [0.717, 1.165) is 36.8 Å². The Bertz CT molecular complexity index is 628. The largest absolute Gasteiger partial charge is 0.497 e. The van der Waals surface area contributed by atoms with Crippen LogP contribution in [0, 0.1) is 6.92 Å². The highest BCUT2D eigenvalue weighted by Crippen LogP contribution is 2.22. The first kappa shape index (κ1) is 19.2. The lowest BCUT2D eigenvalue weighted by Crippen LogP contribution is -2.37. The van der Waals surface area contributed by atoms with Gasteiger partial charge in [-0.2, -0.15) is 4.98 Å². The zero-order valence-corrected chi connectivity index (χ0v) is 15.8. The van der Waals surface area contributed by atoms with Crippen LogP contribution in [0.15, 0.2) is 29.6 Å². The maximum atomic E-state index is 5.52. The molecule has 1 aliphatic rings. The van der Waals surface area contributed by atoms with E-state index < -0.39 is 0 Å². The van der Waals surface area contributed by atoms with Gasteiger partial charge in [0.1, 0.15) is 11.6 Å². The van der Waals surface area contributed by atoms with E-state index in [1.807, 2.05) is 33.2 Å². The second-order valence-corrected chi connectivity index (χ2v) is 6.29. The number of nitrogens with zero attached hydrogens (tertiary/aromatic N) is 2. The lowest BCUT2D eigenvalue weighted by atomic mass is 9.98. The summed E-state index contributed by atoms with van der Waals surface area (Å²) in [6, 6.07) is 2.46. The van der Waals surface area contributed by atoms with Crippen molar-refractivity contribution in [2.45, 2.75) is 32.4 Å². The molecule has 0 fully saturated rings. The van der Waals surface area contributed by atoms with Crippen LogP contribution in [-0.2, 0) is 4.74 Å². The molecule has 0 spiro atoms. The Morgan fingerprint density at radius 2 is 2.12 bits per heavy atom. The van der Waals surface area contributed by atoms with Crippen LogP contribution in [-0.4, -0.2) is 56.3 Å². The minimum atomic E-state index is 0.141. The van der Waals surface area contributed by atoms with Gasteiger partial charge >= 0.3 is 0 Å². The number of aryl methyl sites for hydroxylation is 1. The molecule has 7 heteroatoms. The molecule has 0 bridgehead atoms. The van der Waals surface area contributed by atoms with E-state index in [0.29, 0.717) is 12.0 Å². The Labute approximate surface area is 150 Å². The molecule has 0 amide bonds. The number of aromatic nitrogens is 2. The number of ether oxygens (including phenoxy) is 1. The topological polar surface area (TPSA) is 83.1 Å². The van der Waals surface area contributed by atoms with Gasteiger partial charge in [0.05, 0.1) is 13.2 Å². The molecule has 138 valence electrons. The Kier molecular flexibility index (Phi) is 7.21. The third-order valence-corrected chi connectivity index (χ3v) is 4.11. The number of allylic oxidation sites excluding steroid dienone is 1.